The number of nitrogens with one attached hydrogen (secondary N) is 1. The van der Waals surface area contributed by atoms with E-state index in [9.17, 15) is 4.79 Å². The van der Waals surface area contributed by atoms with Crippen LogP contribution in [0.25, 0.3) is 11.3 Å². The van der Waals surface area contributed by atoms with Crippen molar-refractivity contribution >= 4 is 22.4 Å². The number of aromatic nitrogens is 1. The molecule has 27 heavy (non-hydrogen) atoms. The Morgan fingerprint density at radius 1 is 1.26 bits per heavy atom. The SMILES string of the molecule is COc1ccc(C)cc1-c1csc(NC(=O)CCc2ccc(C#N)cc2)n1. The van der Waals surface area contributed by atoms with Gasteiger partial charge in [0.05, 0.1) is 24.4 Å². The lowest BCUT2D eigenvalue weighted by molar-refractivity contribution is -0.116. The molecule has 0 fully saturated rings. The van der Waals surface area contributed by atoms with Crippen LogP contribution in [0.4, 0.5) is 5.13 Å². The number of hydrogen-bond donors (Lipinski definition) is 1. The van der Waals surface area contributed by atoms with Gasteiger partial charge < -0.3 is 10.1 Å². The van der Waals surface area contributed by atoms with Crippen LogP contribution in [0.1, 0.15) is 23.1 Å². The van der Waals surface area contributed by atoms with Crippen LogP contribution in [0.2, 0.25) is 0 Å². The summed E-state index contributed by atoms with van der Waals surface area (Å²) in [6, 6.07) is 15.3. The first-order valence-corrected chi connectivity index (χ1v) is 9.36. The number of ether oxygens (including phenoxy) is 1. The number of amides is 1. The molecule has 3 aromatic rings. The van der Waals surface area contributed by atoms with Gasteiger partial charge in [-0.15, -0.1) is 11.3 Å². The van der Waals surface area contributed by atoms with Crippen molar-refractivity contribution in [3.05, 3.63) is 64.5 Å². The van der Waals surface area contributed by atoms with E-state index in [4.69, 9.17) is 10.00 Å². The minimum absolute atomic E-state index is 0.0866. The van der Waals surface area contributed by atoms with Gasteiger partial charge in [0.15, 0.2) is 5.13 Å². The molecule has 0 unspecified atom stereocenters. The number of hydrogen-bond acceptors (Lipinski definition) is 5. The van der Waals surface area contributed by atoms with Crippen LogP contribution >= 0.6 is 11.3 Å². The van der Waals surface area contributed by atoms with Gasteiger partial charge in [0.25, 0.3) is 0 Å². The molecule has 136 valence electrons. The number of aryl methyl sites for hydroxylation is 2. The first-order valence-electron chi connectivity index (χ1n) is 8.48. The quantitative estimate of drug-likeness (QED) is 0.683. The summed E-state index contributed by atoms with van der Waals surface area (Å²) in [5, 5.41) is 14.1. The smallest absolute Gasteiger partial charge is 0.226 e. The molecule has 0 aliphatic heterocycles. The van der Waals surface area contributed by atoms with Gasteiger partial charge in [0.2, 0.25) is 5.91 Å². The van der Waals surface area contributed by atoms with Gasteiger partial charge in [-0.1, -0.05) is 23.8 Å². The third kappa shape index (κ3) is 4.72. The molecule has 6 heteroatoms. The van der Waals surface area contributed by atoms with Gasteiger partial charge in [0, 0.05) is 17.4 Å². The number of methoxy groups -OCH3 is 1. The number of carbonyl (C=O) groups excluding carboxylic acids is 1. The first-order chi connectivity index (χ1) is 13.1. The van der Waals surface area contributed by atoms with Crippen molar-refractivity contribution in [2.75, 3.05) is 12.4 Å². The average Bonchev–Trinajstić information content (AvgIpc) is 3.15. The molecule has 0 saturated heterocycles. The van der Waals surface area contributed by atoms with E-state index in [2.05, 4.69) is 16.4 Å². The molecule has 2 aromatic carbocycles. The number of anilines is 1. The summed E-state index contributed by atoms with van der Waals surface area (Å²) < 4.78 is 5.41. The van der Waals surface area contributed by atoms with Gasteiger partial charge in [0.1, 0.15) is 5.75 Å². The molecular weight excluding hydrogens is 358 g/mol. The highest BCUT2D eigenvalue weighted by molar-refractivity contribution is 7.14. The van der Waals surface area contributed by atoms with Crippen molar-refractivity contribution in [1.82, 2.24) is 4.98 Å². The highest BCUT2D eigenvalue weighted by Crippen LogP contribution is 2.33. The topological polar surface area (TPSA) is 75.0 Å². The molecule has 1 N–H and O–H groups in total. The van der Waals surface area contributed by atoms with E-state index in [-0.39, 0.29) is 5.91 Å². The molecule has 1 aromatic heterocycles. The maximum Gasteiger partial charge on any atom is 0.226 e. The van der Waals surface area contributed by atoms with Crippen molar-refractivity contribution in [2.24, 2.45) is 0 Å². The Morgan fingerprint density at radius 2 is 2.04 bits per heavy atom. The van der Waals surface area contributed by atoms with E-state index in [1.165, 1.54) is 11.3 Å². The fraction of sp³-hybridized carbons (Fsp3) is 0.190. The number of nitriles is 1. The number of nitrogens with zero attached hydrogens (tertiary/aromatic N) is 2. The third-order valence-corrected chi connectivity index (χ3v) is 4.86. The molecule has 0 radical (unpaired) electrons. The first kappa shape index (κ1) is 18.6. The third-order valence-electron chi connectivity index (χ3n) is 4.11. The molecular formula is C21H19N3O2S. The summed E-state index contributed by atoms with van der Waals surface area (Å²) in [5.74, 6) is 0.668. The van der Waals surface area contributed by atoms with Crippen molar-refractivity contribution in [3.8, 4) is 23.1 Å². The van der Waals surface area contributed by atoms with Crippen LogP contribution in [0.5, 0.6) is 5.75 Å². The molecule has 0 bridgehead atoms. The zero-order valence-corrected chi connectivity index (χ0v) is 16.0. The second kappa shape index (κ2) is 8.47. The normalized spacial score (nSPS) is 10.3. The Bertz CT molecular complexity index is 987. The van der Waals surface area contributed by atoms with Crippen LogP contribution in [0, 0.1) is 18.3 Å². The lowest BCUT2D eigenvalue weighted by Gasteiger charge is -2.07. The molecule has 0 spiro atoms. The predicted octanol–water partition coefficient (Wildman–Crippen LogP) is 4.57. The molecule has 1 heterocycles. The fourth-order valence-electron chi connectivity index (χ4n) is 2.66. The van der Waals surface area contributed by atoms with E-state index >= 15 is 0 Å². The van der Waals surface area contributed by atoms with Gasteiger partial charge in [-0.3, -0.25) is 4.79 Å². The number of carbonyl (C=O) groups is 1. The number of thiazole rings is 1. The van der Waals surface area contributed by atoms with Crippen LogP contribution in [-0.4, -0.2) is 18.0 Å². The average molecular weight is 377 g/mol. The van der Waals surface area contributed by atoms with Crippen LogP contribution in [0.3, 0.4) is 0 Å². The summed E-state index contributed by atoms with van der Waals surface area (Å²) in [6.45, 7) is 2.02. The molecule has 0 saturated carbocycles. The lowest BCUT2D eigenvalue weighted by Crippen LogP contribution is -2.12. The maximum absolute atomic E-state index is 12.2. The van der Waals surface area contributed by atoms with E-state index in [0.717, 1.165) is 28.1 Å². The Kier molecular flexibility index (Phi) is 5.84. The highest BCUT2D eigenvalue weighted by atomic mass is 32.1. The Morgan fingerprint density at radius 3 is 2.74 bits per heavy atom. The van der Waals surface area contributed by atoms with Gasteiger partial charge >= 0.3 is 0 Å². The van der Waals surface area contributed by atoms with Crippen molar-refractivity contribution < 1.29 is 9.53 Å². The monoisotopic (exact) mass is 377 g/mol. The summed E-state index contributed by atoms with van der Waals surface area (Å²) in [4.78, 5) is 16.7. The minimum Gasteiger partial charge on any atom is -0.496 e. The zero-order chi connectivity index (χ0) is 19.2. The van der Waals surface area contributed by atoms with Crippen molar-refractivity contribution in [1.29, 1.82) is 5.26 Å². The summed E-state index contributed by atoms with van der Waals surface area (Å²) in [5.41, 5.74) is 4.44. The second-order valence-electron chi connectivity index (χ2n) is 6.10. The van der Waals surface area contributed by atoms with Crippen LogP contribution in [0.15, 0.2) is 47.8 Å². The molecule has 0 atom stereocenters. The molecule has 0 aliphatic rings. The van der Waals surface area contributed by atoms with Gasteiger partial charge in [-0.25, -0.2) is 4.98 Å². The second-order valence-corrected chi connectivity index (χ2v) is 6.96. The Balaban J connectivity index is 1.62. The standard InChI is InChI=1S/C21H19N3O2S/c1-14-3-9-19(26-2)17(11-14)18-13-27-21(23-18)24-20(25)10-8-15-4-6-16(12-22)7-5-15/h3-7,9,11,13H,8,10H2,1-2H3,(H,23,24,25). The number of rotatable bonds is 6. The van der Waals surface area contributed by atoms with E-state index in [1.807, 2.05) is 42.6 Å². The summed E-state index contributed by atoms with van der Waals surface area (Å²) >= 11 is 1.39. The maximum atomic E-state index is 12.2. The number of benzene rings is 2. The zero-order valence-electron chi connectivity index (χ0n) is 15.2. The largest absolute Gasteiger partial charge is 0.496 e. The van der Waals surface area contributed by atoms with Crippen LogP contribution in [-0.2, 0) is 11.2 Å². The van der Waals surface area contributed by atoms with Gasteiger partial charge in [-0.2, -0.15) is 5.26 Å². The van der Waals surface area contributed by atoms with Gasteiger partial charge in [-0.05, 0) is 43.2 Å². The summed E-state index contributed by atoms with van der Waals surface area (Å²) in [6.07, 6.45) is 0.968. The summed E-state index contributed by atoms with van der Waals surface area (Å²) in [7, 11) is 1.63. The molecule has 0 aliphatic carbocycles. The fourth-order valence-corrected chi connectivity index (χ4v) is 3.39. The Labute approximate surface area is 162 Å². The highest BCUT2D eigenvalue weighted by Gasteiger charge is 2.12. The van der Waals surface area contributed by atoms with Crippen molar-refractivity contribution in [3.63, 3.8) is 0 Å². The molecule has 5 nitrogen and oxygen atoms in total. The van der Waals surface area contributed by atoms with E-state index < -0.39 is 0 Å². The van der Waals surface area contributed by atoms with Crippen molar-refractivity contribution in [2.45, 2.75) is 19.8 Å². The lowest BCUT2D eigenvalue weighted by atomic mass is 10.1. The van der Waals surface area contributed by atoms with E-state index in [1.54, 1.807) is 19.2 Å². The minimum atomic E-state index is -0.0866. The molecule has 1 amide bonds. The Hall–Kier alpha value is -3.17. The predicted molar refractivity (Wildman–Crippen MR) is 107 cm³/mol. The van der Waals surface area contributed by atoms with Crippen LogP contribution < -0.4 is 10.1 Å². The van der Waals surface area contributed by atoms with E-state index in [0.29, 0.717) is 23.5 Å². The molecule has 3 rings (SSSR count).